The smallest absolute Gasteiger partial charge is 0.274 e. The lowest BCUT2D eigenvalue weighted by atomic mass is 10.0. The van der Waals surface area contributed by atoms with E-state index in [-0.39, 0.29) is 17.8 Å². The topological polar surface area (TPSA) is 40.9 Å². The van der Waals surface area contributed by atoms with Crippen molar-refractivity contribution in [2.75, 3.05) is 13.6 Å². The first-order valence-corrected chi connectivity index (χ1v) is 11.3. The van der Waals surface area contributed by atoms with Crippen LogP contribution in [0, 0.1) is 5.82 Å². The molecule has 33 heavy (non-hydrogen) atoms. The molecule has 6 heteroatoms. The lowest BCUT2D eigenvalue weighted by molar-refractivity contribution is 0.0777. The normalized spacial score (nSPS) is 16.4. The molecule has 168 valence electrons. The number of aromatic nitrogens is 2. The summed E-state index contributed by atoms with van der Waals surface area (Å²) in [6, 6.07) is 22.8. The molecular weight excluding hydrogens is 415 g/mol. The Morgan fingerprint density at radius 1 is 1.06 bits per heavy atom. The maximum Gasteiger partial charge on any atom is 0.274 e. The second-order valence-electron chi connectivity index (χ2n) is 8.66. The van der Waals surface area contributed by atoms with Gasteiger partial charge >= 0.3 is 0 Å². The van der Waals surface area contributed by atoms with Gasteiger partial charge in [-0.15, -0.1) is 0 Å². The Bertz CT molecular complexity index is 1250. The number of amides is 1. The summed E-state index contributed by atoms with van der Waals surface area (Å²) in [7, 11) is 1.82. The van der Waals surface area contributed by atoms with E-state index in [4.69, 9.17) is 4.98 Å². The van der Waals surface area contributed by atoms with Crippen LogP contribution in [0.25, 0.3) is 5.65 Å². The molecule has 0 bridgehead atoms. The van der Waals surface area contributed by atoms with Crippen molar-refractivity contribution in [2.24, 2.45) is 0 Å². The number of imidazole rings is 1. The van der Waals surface area contributed by atoms with Crippen LogP contribution in [-0.2, 0) is 13.1 Å². The number of nitrogens with zero attached hydrogens (tertiary/aromatic N) is 4. The molecule has 4 aromatic rings. The number of pyridine rings is 1. The standard InChI is InChI=1S/C27H27FN4O/c1-30(18-20-8-3-2-4-9-20)27(33)26-24(32-17-6-5-11-25(32)29-26)19-31-16-7-10-23(31)21-12-14-22(28)15-13-21/h2-6,8-9,11-15,17,23H,7,10,16,18-19H2,1H3. The molecule has 1 aliphatic heterocycles. The average Bonchev–Trinajstić information content (AvgIpc) is 3.45. The van der Waals surface area contributed by atoms with Gasteiger partial charge in [0, 0.05) is 32.4 Å². The van der Waals surface area contributed by atoms with Crippen molar-refractivity contribution in [3.8, 4) is 0 Å². The second kappa shape index (κ2) is 9.16. The highest BCUT2D eigenvalue weighted by Crippen LogP contribution is 2.34. The molecule has 0 radical (unpaired) electrons. The average molecular weight is 443 g/mol. The molecule has 1 aliphatic rings. The summed E-state index contributed by atoms with van der Waals surface area (Å²) in [6.45, 7) is 2.05. The van der Waals surface area contributed by atoms with Crippen LogP contribution in [-0.4, -0.2) is 38.7 Å². The zero-order valence-corrected chi connectivity index (χ0v) is 18.7. The van der Waals surface area contributed by atoms with Crippen molar-refractivity contribution in [1.29, 1.82) is 0 Å². The molecule has 5 rings (SSSR count). The summed E-state index contributed by atoms with van der Waals surface area (Å²) in [5, 5.41) is 0. The zero-order chi connectivity index (χ0) is 22.8. The molecule has 2 aromatic carbocycles. The van der Waals surface area contributed by atoms with Crippen LogP contribution in [0.2, 0.25) is 0 Å². The molecule has 3 heterocycles. The number of carbonyl (C=O) groups is 1. The largest absolute Gasteiger partial charge is 0.336 e. The molecule has 1 atom stereocenters. The Labute approximate surface area is 193 Å². The van der Waals surface area contributed by atoms with Gasteiger partial charge < -0.3 is 9.30 Å². The van der Waals surface area contributed by atoms with Crippen LogP contribution in [0.5, 0.6) is 0 Å². The van der Waals surface area contributed by atoms with E-state index in [0.717, 1.165) is 41.9 Å². The SMILES string of the molecule is CN(Cc1ccccc1)C(=O)c1nc2ccccn2c1CN1CCCC1c1ccc(F)cc1. The van der Waals surface area contributed by atoms with Gasteiger partial charge in [0.25, 0.3) is 5.91 Å². The lowest BCUT2D eigenvalue weighted by Crippen LogP contribution is -2.29. The fraction of sp³-hybridized carbons (Fsp3) is 0.259. The molecule has 0 N–H and O–H groups in total. The van der Waals surface area contributed by atoms with Gasteiger partial charge in [0.1, 0.15) is 11.5 Å². The third kappa shape index (κ3) is 4.39. The summed E-state index contributed by atoms with van der Waals surface area (Å²) in [5.41, 5.74) is 4.33. The number of benzene rings is 2. The minimum Gasteiger partial charge on any atom is -0.336 e. The molecular formula is C27H27FN4O. The molecule has 0 spiro atoms. The minimum absolute atomic E-state index is 0.0879. The van der Waals surface area contributed by atoms with Gasteiger partial charge in [0.15, 0.2) is 5.69 Å². The Balaban J connectivity index is 1.45. The fourth-order valence-corrected chi connectivity index (χ4v) is 4.75. The van der Waals surface area contributed by atoms with Gasteiger partial charge in [-0.25, -0.2) is 9.37 Å². The van der Waals surface area contributed by atoms with Crippen molar-refractivity contribution in [2.45, 2.75) is 32.0 Å². The summed E-state index contributed by atoms with van der Waals surface area (Å²) < 4.78 is 15.5. The minimum atomic E-state index is -0.223. The number of rotatable bonds is 6. The van der Waals surface area contributed by atoms with Crippen molar-refractivity contribution >= 4 is 11.6 Å². The van der Waals surface area contributed by atoms with E-state index in [9.17, 15) is 9.18 Å². The number of likely N-dealkylation sites (tertiary alicyclic amines) is 1. The lowest BCUT2D eigenvalue weighted by Gasteiger charge is -2.25. The summed E-state index contributed by atoms with van der Waals surface area (Å²) in [4.78, 5) is 22.3. The highest BCUT2D eigenvalue weighted by atomic mass is 19.1. The van der Waals surface area contributed by atoms with Crippen molar-refractivity contribution in [3.05, 3.63) is 107 Å². The van der Waals surface area contributed by atoms with Gasteiger partial charge in [-0.05, 0) is 54.8 Å². The first-order valence-electron chi connectivity index (χ1n) is 11.3. The van der Waals surface area contributed by atoms with Gasteiger partial charge in [-0.2, -0.15) is 0 Å². The summed E-state index contributed by atoms with van der Waals surface area (Å²) in [5.74, 6) is -0.311. The Morgan fingerprint density at radius 2 is 1.82 bits per heavy atom. The number of carbonyl (C=O) groups excluding carboxylic acids is 1. The molecule has 0 saturated carbocycles. The number of hydrogen-bond donors (Lipinski definition) is 0. The number of hydrogen-bond acceptors (Lipinski definition) is 3. The molecule has 1 amide bonds. The molecule has 5 nitrogen and oxygen atoms in total. The van der Waals surface area contributed by atoms with E-state index in [2.05, 4.69) is 4.90 Å². The van der Waals surface area contributed by atoms with Crippen LogP contribution < -0.4 is 0 Å². The van der Waals surface area contributed by atoms with Crippen LogP contribution in [0.15, 0.2) is 79.0 Å². The van der Waals surface area contributed by atoms with Gasteiger partial charge in [-0.1, -0.05) is 48.5 Å². The Kier molecular flexibility index (Phi) is 5.92. The summed E-state index contributed by atoms with van der Waals surface area (Å²) in [6.07, 6.45) is 4.05. The van der Waals surface area contributed by atoms with Crippen LogP contribution in [0.4, 0.5) is 4.39 Å². The van der Waals surface area contributed by atoms with E-state index in [1.165, 1.54) is 12.1 Å². The van der Waals surface area contributed by atoms with Gasteiger partial charge in [0.2, 0.25) is 0 Å². The van der Waals surface area contributed by atoms with E-state index in [1.54, 1.807) is 4.90 Å². The Morgan fingerprint density at radius 3 is 2.61 bits per heavy atom. The van der Waals surface area contributed by atoms with Crippen LogP contribution in [0.3, 0.4) is 0 Å². The van der Waals surface area contributed by atoms with Crippen molar-refractivity contribution in [3.63, 3.8) is 0 Å². The molecule has 1 saturated heterocycles. The van der Waals surface area contributed by atoms with Gasteiger partial charge in [-0.3, -0.25) is 9.69 Å². The van der Waals surface area contributed by atoms with E-state index in [0.29, 0.717) is 18.8 Å². The quantitative estimate of drug-likeness (QED) is 0.418. The van der Waals surface area contributed by atoms with Crippen LogP contribution >= 0.6 is 0 Å². The third-order valence-corrected chi connectivity index (χ3v) is 6.41. The van der Waals surface area contributed by atoms with Gasteiger partial charge in [0.05, 0.1) is 5.69 Å². The molecule has 2 aromatic heterocycles. The predicted molar refractivity (Wildman–Crippen MR) is 126 cm³/mol. The molecule has 1 unspecified atom stereocenters. The maximum absolute atomic E-state index is 13.5. The molecule has 1 fully saturated rings. The van der Waals surface area contributed by atoms with Crippen LogP contribution in [0.1, 0.15) is 46.2 Å². The first-order chi connectivity index (χ1) is 16.1. The third-order valence-electron chi connectivity index (χ3n) is 6.41. The molecule has 0 aliphatic carbocycles. The summed E-state index contributed by atoms with van der Waals surface area (Å²) >= 11 is 0. The second-order valence-corrected chi connectivity index (χ2v) is 8.66. The number of fused-ring (bicyclic) bond motifs is 1. The van der Waals surface area contributed by atoms with Crippen molar-refractivity contribution < 1.29 is 9.18 Å². The fourth-order valence-electron chi connectivity index (χ4n) is 4.75. The van der Waals surface area contributed by atoms with Crippen molar-refractivity contribution in [1.82, 2.24) is 19.2 Å². The monoisotopic (exact) mass is 442 g/mol. The van der Waals surface area contributed by atoms with E-state index in [1.807, 2.05) is 78.3 Å². The maximum atomic E-state index is 13.5. The van der Waals surface area contributed by atoms with E-state index >= 15 is 0 Å². The first kappa shape index (κ1) is 21.3. The van der Waals surface area contributed by atoms with E-state index < -0.39 is 0 Å². The Hall–Kier alpha value is -3.51. The number of halogens is 1. The zero-order valence-electron chi connectivity index (χ0n) is 18.7. The predicted octanol–water partition coefficient (Wildman–Crippen LogP) is 5.08. The highest BCUT2D eigenvalue weighted by molar-refractivity contribution is 5.94. The highest BCUT2D eigenvalue weighted by Gasteiger charge is 2.30.